The number of nitrogens with one attached hydrogen (secondary N) is 2. The van der Waals surface area contributed by atoms with Gasteiger partial charge in [-0.05, 0) is 0 Å². The maximum absolute atomic E-state index is 11.4. The van der Waals surface area contributed by atoms with Crippen LogP contribution in [0.1, 0.15) is 6.42 Å². The van der Waals surface area contributed by atoms with Gasteiger partial charge < -0.3 is 10.2 Å². The minimum Gasteiger partial charge on any atom is -0.354 e. The van der Waals surface area contributed by atoms with Gasteiger partial charge in [0.1, 0.15) is 6.33 Å². The molecule has 2 aromatic heterocycles. The van der Waals surface area contributed by atoms with Gasteiger partial charge in [0, 0.05) is 38.4 Å². The number of anilines is 2. The second-order valence-electron chi connectivity index (χ2n) is 4.46. The molecule has 0 radical (unpaired) electrons. The summed E-state index contributed by atoms with van der Waals surface area (Å²) in [6.45, 7) is 1.72. The van der Waals surface area contributed by atoms with Gasteiger partial charge in [-0.3, -0.25) is 14.8 Å². The minimum absolute atomic E-state index is 0.0264. The lowest BCUT2D eigenvalue weighted by atomic mass is 10.4. The van der Waals surface area contributed by atoms with Gasteiger partial charge in [-0.15, -0.1) is 0 Å². The number of hydrazine groups is 1. The molecule has 0 saturated carbocycles. The lowest BCUT2D eigenvalue weighted by Gasteiger charge is -2.20. The van der Waals surface area contributed by atoms with Crippen molar-refractivity contribution < 1.29 is 4.79 Å². The molecular weight excluding hydrogens is 274 g/mol. The average molecular weight is 289 g/mol. The first kappa shape index (κ1) is 13.2. The van der Waals surface area contributed by atoms with Crippen molar-refractivity contribution in [2.24, 2.45) is 5.84 Å². The molecule has 10 nitrogen and oxygen atoms in total. The van der Waals surface area contributed by atoms with Crippen LogP contribution in [0, 0.1) is 0 Å². The van der Waals surface area contributed by atoms with Crippen LogP contribution in [-0.4, -0.2) is 50.0 Å². The van der Waals surface area contributed by atoms with Crippen molar-refractivity contribution in [2.75, 3.05) is 30.0 Å². The normalized spacial score (nSPS) is 15.5. The van der Waals surface area contributed by atoms with E-state index in [2.05, 4.69) is 30.7 Å². The van der Waals surface area contributed by atoms with Crippen LogP contribution in [-0.2, 0) is 4.79 Å². The molecule has 4 N–H and O–H groups in total. The summed E-state index contributed by atoms with van der Waals surface area (Å²) in [5, 5.41) is 2.81. The largest absolute Gasteiger partial charge is 0.354 e. The van der Waals surface area contributed by atoms with Gasteiger partial charge in [0.2, 0.25) is 23.8 Å². The van der Waals surface area contributed by atoms with Gasteiger partial charge in [-0.1, -0.05) is 0 Å². The maximum atomic E-state index is 11.4. The zero-order valence-corrected chi connectivity index (χ0v) is 11.2. The molecule has 1 amide bonds. The van der Waals surface area contributed by atoms with E-state index in [0.29, 0.717) is 38.0 Å². The zero-order valence-electron chi connectivity index (χ0n) is 11.2. The molecule has 0 aliphatic carbocycles. The molecule has 10 heteroatoms. The summed E-state index contributed by atoms with van der Waals surface area (Å²) in [4.78, 5) is 30.1. The number of carbonyl (C=O) groups is 1. The molecule has 0 spiro atoms. The summed E-state index contributed by atoms with van der Waals surface area (Å²) < 4.78 is 1.66. The Bertz CT molecular complexity index is 627. The summed E-state index contributed by atoms with van der Waals surface area (Å²) in [7, 11) is 0. The molecular formula is C11H15N9O. The fourth-order valence-corrected chi connectivity index (χ4v) is 2.02. The summed E-state index contributed by atoms with van der Waals surface area (Å²) in [6.07, 6.45) is 5.35. The van der Waals surface area contributed by atoms with Gasteiger partial charge in [0.05, 0.1) is 0 Å². The highest BCUT2D eigenvalue weighted by molar-refractivity contribution is 5.77. The number of nitrogen functional groups attached to an aromatic ring is 1. The van der Waals surface area contributed by atoms with Crippen molar-refractivity contribution in [1.29, 1.82) is 0 Å². The maximum Gasteiger partial charge on any atom is 0.243 e. The lowest BCUT2D eigenvalue weighted by Crippen LogP contribution is -2.30. The van der Waals surface area contributed by atoms with Crippen LogP contribution < -0.4 is 21.5 Å². The number of hydrogen-bond acceptors (Lipinski definition) is 8. The fraction of sp³-hybridized carbons (Fsp3) is 0.364. The molecule has 1 aliphatic rings. The van der Waals surface area contributed by atoms with Crippen LogP contribution in [0.15, 0.2) is 18.7 Å². The monoisotopic (exact) mass is 289 g/mol. The van der Waals surface area contributed by atoms with Crippen molar-refractivity contribution in [3.05, 3.63) is 18.7 Å². The highest BCUT2D eigenvalue weighted by Gasteiger charge is 2.18. The Kier molecular flexibility index (Phi) is 3.60. The SMILES string of the molecule is NNc1nc(N2CCNC(=O)CC2)nc(-n2ccnc2)n1. The van der Waals surface area contributed by atoms with Gasteiger partial charge >= 0.3 is 0 Å². The molecule has 0 unspecified atom stereocenters. The van der Waals surface area contributed by atoms with Gasteiger partial charge in [-0.25, -0.2) is 10.8 Å². The quantitative estimate of drug-likeness (QED) is 0.468. The third-order valence-electron chi connectivity index (χ3n) is 3.07. The lowest BCUT2D eigenvalue weighted by molar-refractivity contribution is -0.120. The number of nitrogens with zero attached hydrogens (tertiary/aromatic N) is 6. The zero-order chi connectivity index (χ0) is 14.7. The van der Waals surface area contributed by atoms with E-state index in [9.17, 15) is 4.79 Å². The Morgan fingerprint density at radius 3 is 2.86 bits per heavy atom. The first-order chi connectivity index (χ1) is 10.3. The highest BCUT2D eigenvalue weighted by atomic mass is 16.1. The predicted octanol–water partition coefficient (Wildman–Crippen LogP) is -1.33. The number of imidazole rings is 1. The number of hydrogen-bond donors (Lipinski definition) is 3. The van der Waals surface area contributed by atoms with E-state index in [1.54, 1.807) is 23.3 Å². The second-order valence-corrected chi connectivity index (χ2v) is 4.46. The summed E-state index contributed by atoms with van der Waals surface area (Å²) >= 11 is 0. The molecule has 3 rings (SSSR count). The molecule has 1 saturated heterocycles. The van der Waals surface area contributed by atoms with Gasteiger partial charge in [0.25, 0.3) is 0 Å². The van der Waals surface area contributed by atoms with E-state index >= 15 is 0 Å². The van der Waals surface area contributed by atoms with Crippen LogP contribution in [0.2, 0.25) is 0 Å². The van der Waals surface area contributed by atoms with Crippen molar-refractivity contribution in [2.45, 2.75) is 6.42 Å². The highest BCUT2D eigenvalue weighted by Crippen LogP contribution is 2.14. The Morgan fingerprint density at radius 2 is 2.10 bits per heavy atom. The van der Waals surface area contributed by atoms with Crippen molar-refractivity contribution in [3.63, 3.8) is 0 Å². The van der Waals surface area contributed by atoms with E-state index in [1.807, 2.05) is 4.90 Å². The van der Waals surface area contributed by atoms with Crippen molar-refractivity contribution >= 4 is 17.8 Å². The second kappa shape index (κ2) is 5.71. The topological polar surface area (TPSA) is 127 Å². The van der Waals surface area contributed by atoms with Crippen LogP contribution in [0.5, 0.6) is 0 Å². The molecule has 1 aliphatic heterocycles. The first-order valence-corrected chi connectivity index (χ1v) is 6.49. The molecule has 0 atom stereocenters. The minimum atomic E-state index is 0.0264. The number of carbonyl (C=O) groups excluding carboxylic acids is 1. The van der Waals surface area contributed by atoms with Crippen molar-refractivity contribution in [1.82, 2.24) is 29.8 Å². The third-order valence-corrected chi connectivity index (χ3v) is 3.07. The van der Waals surface area contributed by atoms with E-state index in [1.165, 1.54) is 0 Å². The van der Waals surface area contributed by atoms with E-state index < -0.39 is 0 Å². The molecule has 21 heavy (non-hydrogen) atoms. The van der Waals surface area contributed by atoms with Crippen LogP contribution >= 0.6 is 0 Å². The Labute approximate surface area is 120 Å². The molecule has 3 heterocycles. The third kappa shape index (κ3) is 2.89. The first-order valence-electron chi connectivity index (χ1n) is 6.49. The van der Waals surface area contributed by atoms with Crippen molar-refractivity contribution in [3.8, 4) is 5.95 Å². The molecule has 2 aromatic rings. The number of amides is 1. The van der Waals surface area contributed by atoms with Crippen LogP contribution in [0.4, 0.5) is 11.9 Å². The number of aromatic nitrogens is 5. The van der Waals surface area contributed by atoms with E-state index in [-0.39, 0.29) is 11.9 Å². The summed E-state index contributed by atoms with van der Waals surface area (Å²) in [5.41, 5.74) is 2.43. The molecule has 110 valence electrons. The number of nitrogens with two attached hydrogens (primary N) is 1. The summed E-state index contributed by atoms with van der Waals surface area (Å²) in [6, 6.07) is 0. The molecule has 0 aromatic carbocycles. The standard InChI is InChI=1S/C11H15N9O/c12-18-9-15-10(19-4-1-8(21)14-3-6-19)17-11(16-9)20-5-2-13-7-20/h2,5,7H,1,3-4,6,12H2,(H,14,21)(H,15,16,17,18). The van der Waals surface area contributed by atoms with Gasteiger partial charge in [0.15, 0.2) is 0 Å². The Balaban J connectivity index is 1.94. The molecule has 1 fully saturated rings. The van der Waals surface area contributed by atoms with Crippen LogP contribution in [0.25, 0.3) is 5.95 Å². The average Bonchev–Trinajstić information content (AvgIpc) is 2.96. The smallest absolute Gasteiger partial charge is 0.243 e. The van der Waals surface area contributed by atoms with E-state index in [0.717, 1.165) is 0 Å². The fourth-order valence-electron chi connectivity index (χ4n) is 2.02. The number of rotatable bonds is 3. The molecule has 0 bridgehead atoms. The van der Waals surface area contributed by atoms with Gasteiger partial charge in [-0.2, -0.15) is 15.0 Å². The summed E-state index contributed by atoms with van der Waals surface area (Å²) in [5.74, 6) is 6.58. The Hall–Kier alpha value is -2.75. The Morgan fingerprint density at radius 1 is 1.24 bits per heavy atom. The van der Waals surface area contributed by atoms with E-state index in [4.69, 9.17) is 5.84 Å². The predicted molar refractivity (Wildman–Crippen MR) is 74.6 cm³/mol. The van der Waals surface area contributed by atoms with Crippen LogP contribution in [0.3, 0.4) is 0 Å².